The van der Waals surface area contributed by atoms with Crippen molar-refractivity contribution in [3.63, 3.8) is 0 Å². The SMILES string of the molecule is CCCCO[C@H](C)C(=O)N1CCCC[C@@H]1CCC(=O)O. The number of rotatable bonds is 8. The summed E-state index contributed by atoms with van der Waals surface area (Å²) in [6, 6.07) is 0.0598. The lowest BCUT2D eigenvalue weighted by atomic mass is 9.97. The lowest BCUT2D eigenvalue weighted by molar-refractivity contribution is -0.148. The van der Waals surface area contributed by atoms with E-state index < -0.39 is 12.1 Å². The van der Waals surface area contributed by atoms with Crippen LogP contribution < -0.4 is 0 Å². The van der Waals surface area contributed by atoms with Crippen LogP contribution in [0.1, 0.15) is 58.8 Å². The molecule has 0 unspecified atom stereocenters. The number of hydrogen-bond acceptors (Lipinski definition) is 3. The van der Waals surface area contributed by atoms with Crippen molar-refractivity contribution < 1.29 is 19.4 Å². The third-order valence-electron chi connectivity index (χ3n) is 3.82. The minimum absolute atomic E-state index is 0.0104. The molecule has 20 heavy (non-hydrogen) atoms. The van der Waals surface area contributed by atoms with Gasteiger partial charge in [-0.25, -0.2) is 0 Å². The van der Waals surface area contributed by atoms with Gasteiger partial charge in [-0.3, -0.25) is 9.59 Å². The number of nitrogens with zero attached hydrogens (tertiary/aromatic N) is 1. The number of carbonyl (C=O) groups is 2. The average Bonchev–Trinajstić information content (AvgIpc) is 2.44. The van der Waals surface area contributed by atoms with E-state index in [1.165, 1.54) is 0 Å². The van der Waals surface area contributed by atoms with E-state index in [2.05, 4.69) is 6.92 Å². The lowest BCUT2D eigenvalue weighted by Gasteiger charge is -2.37. The Kier molecular flexibility index (Phi) is 7.59. The number of carbonyl (C=O) groups excluding carboxylic acids is 1. The predicted molar refractivity (Wildman–Crippen MR) is 76.5 cm³/mol. The standard InChI is InChI=1S/C15H27NO4/c1-3-4-11-20-12(2)15(19)16-10-6-5-7-13(16)8-9-14(17)18/h12-13H,3-11H2,1-2H3,(H,17,18)/t12-,13-/m1/s1. The highest BCUT2D eigenvalue weighted by molar-refractivity contribution is 5.81. The summed E-state index contributed by atoms with van der Waals surface area (Å²) in [6.45, 7) is 5.21. The molecule has 1 heterocycles. The fourth-order valence-electron chi connectivity index (χ4n) is 2.59. The van der Waals surface area contributed by atoms with Crippen LogP contribution >= 0.6 is 0 Å². The first-order valence-corrected chi connectivity index (χ1v) is 7.70. The number of ether oxygens (including phenoxy) is 1. The van der Waals surface area contributed by atoms with E-state index >= 15 is 0 Å². The molecule has 0 aromatic carbocycles. The highest BCUT2D eigenvalue weighted by Gasteiger charge is 2.30. The molecule has 1 rings (SSSR count). The van der Waals surface area contributed by atoms with Crippen LogP contribution in [-0.2, 0) is 14.3 Å². The van der Waals surface area contributed by atoms with Gasteiger partial charge in [0.2, 0.25) is 0 Å². The monoisotopic (exact) mass is 285 g/mol. The Morgan fingerprint density at radius 1 is 1.40 bits per heavy atom. The van der Waals surface area contributed by atoms with Crippen LogP contribution in [0, 0.1) is 0 Å². The third kappa shape index (κ3) is 5.49. The maximum absolute atomic E-state index is 12.4. The van der Waals surface area contributed by atoms with Gasteiger partial charge in [0.05, 0.1) is 0 Å². The maximum atomic E-state index is 12.4. The average molecular weight is 285 g/mol. The largest absolute Gasteiger partial charge is 0.481 e. The molecule has 0 radical (unpaired) electrons. The van der Waals surface area contributed by atoms with Gasteiger partial charge in [-0.1, -0.05) is 13.3 Å². The number of piperidine rings is 1. The van der Waals surface area contributed by atoms with E-state index in [9.17, 15) is 9.59 Å². The maximum Gasteiger partial charge on any atom is 0.303 e. The Balaban J connectivity index is 2.50. The minimum atomic E-state index is -0.796. The lowest BCUT2D eigenvalue weighted by Crippen LogP contribution is -2.48. The number of unbranched alkanes of at least 4 members (excludes halogenated alkanes) is 1. The second-order valence-electron chi connectivity index (χ2n) is 5.48. The van der Waals surface area contributed by atoms with Crippen LogP contribution in [0.3, 0.4) is 0 Å². The summed E-state index contributed by atoms with van der Waals surface area (Å²) in [5, 5.41) is 8.79. The molecule has 116 valence electrons. The smallest absolute Gasteiger partial charge is 0.303 e. The Morgan fingerprint density at radius 2 is 2.15 bits per heavy atom. The first kappa shape index (κ1) is 17.0. The van der Waals surface area contributed by atoms with E-state index in [0.717, 1.165) is 38.6 Å². The fourth-order valence-corrected chi connectivity index (χ4v) is 2.59. The van der Waals surface area contributed by atoms with Crippen molar-refractivity contribution in [2.45, 2.75) is 70.9 Å². The highest BCUT2D eigenvalue weighted by Crippen LogP contribution is 2.22. The fraction of sp³-hybridized carbons (Fsp3) is 0.867. The molecule has 5 nitrogen and oxygen atoms in total. The molecule has 1 aliphatic heterocycles. The molecule has 0 aromatic rings. The van der Waals surface area contributed by atoms with Crippen molar-refractivity contribution in [3.8, 4) is 0 Å². The molecule has 0 bridgehead atoms. The summed E-state index contributed by atoms with van der Waals surface area (Å²) in [4.78, 5) is 24.9. The number of hydrogen-bond donors (Lipinski definition) is 1. The van der Waals surface area contributed by atoms with Gasteiger partial charge >= 0.3 is 5.97 Å². The predicted octanol–water partition coefficient (Wildman–Crippen LogP) is 2.44. The van der Waals surface area contributed by atoms with Crippen LogP contribution in [0.15, 0.2) is 0 Å². The number of likely N-dealkylation sites (tertiary alicyclic amines) is 1. The zero-order valence-electron chi connectivity index (χ0n) is 12.6. The van der Waals surface area contributed by atoms with Crippen LogP contribution in [0.4, 0.5) is 0 Å². The van der Waals surface area contributed by atoms with Gasteiger partial charge in [0.15, 0.2) is 0 Å². The number of carboxylic acids is 1. The van der Waals surface area contributed by atoms with E-state index in [1.807, 2.05) is 4.90 Å². The van der Waals surface area contributed by atoms with Crippen molar-refractivity contribution in [1.29, 1.82) is 0 Å². The number of amides is 1. The Morgan fingerprint density at radius 3 is 2.80 bits per heavy atom. The van der Waals surface area contributed by atoms with E-state index in [1.54, 1.807) is 6.92 Å². The van der Waals surface area contributed by atoms with Crippen LogP contribution in [0.25, 0.3) is 0 Å². The van der Waals surface area contributed by atoms with Crippen LogP contribution in [0.2, 0.25) is 0 Å². The van der Waals surface area contributed by atoms with Gasteiger partial charge in [0.1, 0.15) is 6.10 Å². The third-order valence-corrected chi connectivity index (χ3v) is 3.82. The van der Waals surface area contributed by atoms with Crippen molar-refractivity contribution >= 4 is 11.9 Å². The van der Waals surface area contributed by atoms with Gasteiger partial charge in [0, 0.05) is 25.6 Å². The molecule has 0 spiro atoms. The topological polar surface area (TPSA) is 66.8 Å². The molecule has 1 fully saturated rings. The second-order valence-corrected chi connectivity index (χ2v) is 5.48. The van der Waals surface area contributed by atoms with Crippen molar-refractivity contribution in [2.24, 2.45) is 0 Å². The number of aliphatic carboxylic acids is 1. The molecule has 1 N–H and O–H groups in total. The molecular formula is C15H27NO4. The summed E-state index contributed by atoms with van der Waals surface area (Å²) in [6.07, 6.45) is 5.22. The first-order valence-electron chi connectivity index (χ1n) is 7.70. The van der Waals surface area contributed by atoms with Gasteiger partial charge in [0.25, 0.3) is 5.91 Å². The quantitative estimate of drug-likeness (QED) is 0.696. The molecule has 5 heteroatoms. The molecule has 1 saturated heterocycles. The minimum Gasteiger partial charge on any atom is -0.481 e. The molecule has 0 aliphatic carbocycles. The molecular weight excluding hydrogens is 258 g/mol. The number of carboxylic acid groups (broad SMARTS) is 1. The summed E-state index contributed by atoms with van der Waals surface area (Å²) >= 11 is 0. The van der Waals surface area contributed by atoms with Gasteiger partial charge in [-0.2, -0.15) is 0 Å². The van der Waals surface area contributed by atoms with E-state index in [-0.39, 0.29) is 18.4 Å². The molecule has 0 aromatic heterocycles. The van der Waals surface area contributed by atoms with E-state index in [0.29, 0.717) is 13.0 Å². The van der Waals surface area contributed by atoms with Crippen molar-refractivity contribution in [1.82, 2.24) is 4.90 Å². The van der Waals surface area contributed by atoms with Gasteiger partial charge in [-0.15, -0.1) is 0 Å². The molecule has 0 saturated carbocycles. The summed E-state index contributed by atoms with van der Waals surface area (Å²) in [5.74, 6) is -0.786. The van der Waals surface area contributed by atoms with Crippen molar-refractivity contribution in [2.75, 3.05) is 13.2 Å². The van der Waals surface area contributed by atoms with Crippen LogP contribution in [0.5, 0.6) is 0 Å². The summed E-state index contributed by atoms with van der Waals surface area (Å²) in [5.41, 5.74) is 0. The highest BCUT2D eigenvalue weighted by atomic mass is 16.5. The molecule has 2 atom stereocenters. The Hall–Kier alpha value is -1.10. The van der Waals surface area contributed by atoms with Crippen molar-refractivity contribution in [3.05, 3.63) is 0 Å². The molecule has 1 amide bonds. The van der Waals surface area contributed by atoms with Gasteiger partial charge < -0.3 is 14.7 Å². The first-order chi connectivity index (χ1) is 9.56. The van der Waals surface area contributed by atoms with Crippen LogP contribution in [-0.4, -0.2) is 47.2 Å². The van der Waals surface area contributed by atoms with E-state index in [4.69, 9.17) is 9.84 Å². The zero-order valence-corrected chi connectivity index (χ0v) is 12.6. The normalized spacial score (nSPS) is 20.7. The second kappa shape index (κ2) is 8.95. The Bertz CT molecular complexity index is 319. The zero-order chi connectivity index (χ0) is 15.0. The molecule has 1 aliphatic rings. The Labute approximate surface area is 121 Å². The summed E-state index contributed by atoms with van der Waals surface area (Å²) < 4.78 is 5.56. The van der Waals surface area contributed by atoms with Gasteiger partial charge in [-0.05, 0) is 39.0 Å². The summed E-state index contributed by atoms with van der Waals surface area (Å²) in [7, 11) is 0.